The summed E-state index contributed by atoms with van der Waals surface area (Å²) in [6, 6.07) is 8.89. The Bertz CT molecular complexity index is 560. The van der Waals surface area contributed by atoms with Crippen molar-refractivity contribution < 1.29 is 4.79 Å². The molecule has 0 aliphatic heterocycles. The van der Waals surface area contributed by atoms with Crippen molar-refractivity contribution in [2.45, 2.75) is 13.5 Å². The minimum absolute atomic E-state index is 0.0718. The van der Waals surface area contributed by atoms with Crippen molar-refractivity contribution in [3.63, 3.8) is 0 Å². The lowest BCUT2D eigenvalue weighted by Gasteiger charge is -2.20. The van der Waals surface area contributed by atoms with E-state index in [1.807, 2.05) is 25.1 Å². The highest BCUT2D eigenvalue weighted by molar-refractivity contribution is 6.29. The van der Waals surface area contributed by atoms with Crippen LogP contribution in [-0.2, 0) is 6.54 Å². The van der Waals surface area contributed by atoms with Gasteiger partial charge in [0.2, 0.25) is 0 Å². The highest BCUT2D eigenvalue weighted by atomic mass is 35.5. The molecule has 0 N–H and O–H groups in total. The predicted molar refractivity (Wildman–Crippen MR) is 73.9 cm³/mol. The summed E-state index contributed by atoms with van der Waals surface area (Å²) in [5.41, 5.74) is 1.40. The van der Waals surface area contributed by atoms with Crippen molar-refractivity contribution in [1.29, 1.82) is 0 Å². The van der Waals surface area contributed by atoms with Crippen molar-refractivity contribution in [3.05, 3.63) is 59.1 Å². The quantitative estimate of drug-likeness (QED) is 0.806. The SMILES string of the molecule is CCN(Cc1ccccn1)C(=O)c1ccnc(Cl)c1. The Balaban J connectivity index is 2.16. The lowest BCUT2D eigenvalue weighted by Crippen LogP contribution is -2.30. The molecule has 0 saturated carbocycles. The van der Waals surface area contributed by atoms with Gasteiger partial charge in [-0.05, 0) is 31.2 Å². The van der Waals surface area contributed by atoms with Crippen LogP contribution in [0.3, 0.4) is 0 Å². The zero-order chi connectivity index (χ0) is 13.7. The first kappa shape index (κ1) is 13.5. The number of nitrogens with zero attached hydrogens (tertiary/aromatic N) is 3. The van der Waals surface area contributed by atoms with Crippen LogP contribution in [-0.4, -0.2) is 27.3 Å². The van der Waals surface area contributed by atoms with E-state index in [1.54, 1.807) is 23.2 Å². The molecule has 0 aliphatic rings. The van der Waals surface area contributed by atoms with Crippen LogP contribution in [0.4, 0.5) is 0 Å². The average molecular weight is 276 g/mol. The molecular weight excluding hydrogens is 262 g/mol. The van der Waals surface area contributed by atoms with Crippen LogP contribution in [0.2, 0.25) is 5.15 Å². The first-order chi connectivity index (χ1) is 9.20. The number of amides is 1. The molecule has 0 spiro atoms. The number of hydrogen-bond donors (Lipinski definition) is 0. The molecule has 98 valence electrons. The van der Waals surface area contributed by atoms with E-state index in [-0.39, 0.29) is 5.91 Å². The molecular formula is C14H14ClN3O. The van der Waals surface area contributed by atoms with Crippen LogP contribution in [0.5, 0.6) is 0 Å². The van der Waals surface area contributed by atoms with Crippen LogP contribution in [0, 0.1) is 0 Å². The van der Waals surface area contributed by atoms with E-state index in [9.17, 15) is 4.79 Å². The van der Waals surface area contributed by atoms with Crippen LogP contribution in [0.15, 0.2) is 42.7 Å². The smallest absolute Gasteiger partial charge is 0.254 e. The molecule has 0 fully saturated rings. The summed E-state index contributed by atoms with van der Waals surface area (Å²) in [5.74, 6) is -0.0718. The van der Waals surface area contributed by atoms with Crippen molar-refractivity contribution in [2.24, 2.45) is 0 Å². The van der Waals surface area contributed by atoms with Gasteiger partial charge in [-0.2, -0.15) is 0 Å². The van der Waals surface area contributed by atoms with Gasteiger partial charge in [-0.25, -0.2) is 4.98 Å². The third-order valence-corrected chi connectivity index (χ3v) is 2.93. The first-order valence-corrected chi connectivity index (χ1v) is 6.39. The Morgan fingerprint density at radius 3 is 2.74 bits per heavy atom. The summed E-state index contributed by atoms with van der Waals surface area (Å²) in [6.07, 6.45) is 3.25. The fraction of sp³-hybridized carbons (Fsp3) is 0.214. The van der Waals surface area contributed by atoms with Crippen LogP contribution >= 0.6 is 11.6 Å². The monoisotopic (exact) mass is 275 g/mol. The third kappa shape index (κ3) is 3.51. The summed E-state index contributed by atoms with van der Waals surface area (Å²) in [7, 11) is 0. The molecule has 19 heavy (non-hydrogen) atoms. The molecule has 0 saturated heterocycles. The standard InChI is InChI=1S/C14H14ClN3O/c1-2-18(10-12-5-3-4-7-16-12)14(19)11-6-8-17-13(15)9-11/h3-9H,2,10H2,1H3. The fourth-order valence-electron chi connectivity index (χ4n) is 1.73. The van der Waals surface area contributed by atoms with Gasteiger partial charge in [-0.3, -0.25) is 9.78 Å². The maximum absolute atomic E-state index is 12.3. The number of carbonyl (C=O) groups is 1. The topological polar surface area (TPSA) is 46.1 Å². The molecule has 0 radical (unpaired) electrons. The van der Waals surface area contributed by atoms with Gasteiger partial charge in [-0.15, -0.1) is 0 Å². The molecule has 2 aromatic rings. The molecule has 2 rings (SSSR count). The molecule has 5 heteroatoms. The van der Waals surface area contributed by atoms with Crippen LogP contribution in [0.1, 0.15) is 23.0 Å². The average Bonchev–Trinajstić information content (AvgIpc) is 2.45. The molecule has 0 unspecified atom stereocenters. The second kappa shape index (κ2) is 6.29. The van der Waals surface area contributed by atoms with E-state index >= 15 is 0 Å². The molecule has 0 aliphatic carbocycles. The van der Waals surface area contributed by atoms with E-state index in [1.165, 1.54) is 6.20 Å². The number of pyridine rings is 2. The molecule has 2 heterocycles. The minimum Gasteiger partial charge on any atom is -0.333 e. The lowest BCUT2D eigenvalue weighted by atomic mass is 10.2. The summed E-state index contributed by atoms with van der Waals surface area (Å²) >= 11 is 5.80. The number of hydrogen-bond acceptors (Lipinski definition) is 3. The summed E-state index contributed by atoms with van der Waals surface area (Å²) in [6.45, 7) is 3.02. The molecule has 2 aromatic heterocycles. The van der Waals surface area contributed by atoms with E-state index < -0.39 is 0 Å². The van der Waals surface area contributed by atoms with Gasteiger partial charge in [-0.1, -0.05) is 17.7 Å². The second-order valence-corrected chi connectivity index (χ2v) is 4.39. The first-order valence-electron chi connectivity index (χ1n) is 6.01. The van der Waals surface area contributed by atoms with Gasteiger partial charge in [0.05, 0.1) is 12.2 Å². The van der Waals surface area contributed by atoms with Gasteiger partial charge in [0.1, 0.15) is 5.15 Å². The zero-order valence-electron chi connectivity index (χ0n) is 10.6. The van der Waals surface area contributed by atoms with E-state index in [2.05, 4.69) is 9.97 Å². The van der Waals surface area contributed by atoms with Gasteiger partial charge in [0, 0.05) is 24.5 Å². The van der Waals surface area contributed by atoms with Gasteiger partial charge < -0.3 is 4.90 Å². The molecule has 1 amide bonds. The van der Waals surface area contributed by atoms with Crippen molar-refractivity contribution >= 4 is 17.5 Å². The van der Waals surface area contributed by atoms with E-state index in [0.29, 0.717) is 23.8 Å². The molecule has 0 aromatic carbocycles. The minimum atomic E-state index is -0.0718. The highest BCUT2D eigenvalue weighted by Gasteiger charge is 2.15. The number of halogens is 1. The van der Waals surface area contributed by atoms with Gasteiger partial charge in [0.25, 0.3) is 5.91 Å². The Morgan fingerprint density at radius 2 is 2.11 bits per heavy atom. The highest BCUT2D eigenvalue weighted by Crippen LogP contribution is 2.11. The fourth-order valence-corrected chi connectivity index (χ4v) is 1.91. The summed E-state index contributed by atoms with van der Waals surface area (Å²) in [5, 5.41) is 0.319. The zero-order valence-corrected chi connectivity index (χ0v) is 11.3. The summed E-state index contributed by atoms with van der Waals surface area (Å²) < 4.78 is 0. The van der Waals surface area contributed by atoms with Gasteiger partial charge in [0.15, 0.2) is 0 Å². The van der Waals surface area contributed by atoms with Crippen molar-refractivity contribution in [2.75, 3.05) is 6.54 Å². The predicted octanol–water partition coefficient (Wildman–Crippen LogP) is 2.79. The third-order valence-electron chi connectivity index (χ3n) is 2.72. The van der Waals surface area contributed by atoms with E-state index in [0.717, 1.165) is 5.69 Å². The number of rotatable bonds is 4. The Hall–Kier alpha value is -1.94. The Morgan fingerprint density at radius 1 is 1.26 bits per heavy atom. The van der Waals surface area contributed by atoms with Crippen molar-refractivity contribution in [1.82, 2.24) is 14.9 Å². The number of carbonyl (C=O) groups excluding carboxylic acids is 1. The maximum atomic E-state index is 12.3. The molecule has 4 nitrogen and oxygen atoms in total. The molecule has 0 bridgehead atoms. The maximum Gasteiger partial charge on any atom is 0.254 e. The Kier molecular flexibility index (Phi) is 4.47. The largest absolute Gasteiger partial charge is 0.333 e. The lowest BCUT2D eigenvalue weighted by molar-refractivity contribution is 0.0750. The second-order valence-electron chi connectivity index (χ2n) is 4.01. The van der Waals surface area contributed by atoms with Crippen molar-refractivity contribution in [3.8, 4) is 0 Å². The van der Waals surface area contributed by atoms with Crippen LogP contribution in [0.25, 0.3) is 0 Å². The van der Waals surface area contributed by atoms with E-state index in [4.69, 9.17) is 11.6 Å². The van der Waals surface area contributed by atoms with Crippen LogP contribution < -0.4 is 0 Å². The number of aromatic nitrogens is 2. The normalized spacial score (nSPS) is 10.2. The Labute approximate surface area is 117 Å². The van der Waals surface area contributed by atoms with Gasteiger partial charge >= 0.3 is 0 Å². The summed E-state index contributed by atoms with van der Waals surface area (Å²) in [4.78, 5) is 22.2. The molecule has 0 atom stereocenters.